The SMILES string of the molecule is CCCNC(C)(Cn1ccnc1)C(N)=O. The van der Waals surface area contributed by atoms with Gasteiger partial charge in [-0.3, -0.25) is 4.79 Å². The van der Waals surface area contributed by atoms with E-state index in [1.807, 2.05) is 24.6 Å². The predicted molar refractivity (Wildman–Crippen MR) is 58.1 cm³/mol. The molecule has 5 heteroatoms. The largest absolute Gasteiger partial charge is 0.368 e. The third-order valence-electron chi connectivity index (χ3n) is 2.37. The average molecular weight is 210 g/mol. The number of aromatic nitrogens is 2. The molecule has 0 saturated carbocycles. The maximum absolute atomic E-state index is 11.4. The van der Waals surface area contributed by atoms with Crippen molar-refractivity contribution in [3.8, 4) is 0 Å². The van der Waals surface area contributed by atoms with Crippen LogP contribution in [-0.2, 0) is 11.3 Å². The van der Waals surface area contributed by atoms with Gasteiger partial charge in [-0.25, -0.2) is 4.98 Å². The van der Waals surface area contributed by atoms with Gasteiger partial charge in [0.15, 0.2) is 0 Å². The molecule has 1 aromatic heterocycles. The Kier molecular flexibility index (Phi) is 3.85. The van der Waals surface area contributed by atoms with Crippen molar-refractivity contribution in [2.75, 3.05) is 6.54 Å². The fourth-order valence-corrected chi connectivity index (χ4v) is 1.37. The van der Waals surface area contributed by atoms with E-state index in [1.165, 1.54) is 0 Å². The Hall–Kier alpha value is -1.36. The number of imidazole rings is 1. The lowest BCUT2D eigenvalue weighted by molar-refractivity contribution is -0.124. The summed E-state index contributed by atoms with van der Waals surface area (Å²) in [7, 11) is 0. The van der Waals surface area contributed by atoms with Gasteiger partial charge in [0.1, 0.15) is 5.54 Å². The van der Waals surface area contributed by atoms with Crippen molar-refractivity contribution in [1.82, 2.24) is 14.9 Å². The molecule has 5 nitrogen and oxygen atoms in total. The summed E-state index contributed by atoms with van der Waals surface area (Å²) in [5, 5.41) is 3.16. The van der Waals surface area contributed by atoms with Crippen LogP contribution < -0.4 is 11.1 Å². The Morgan fingerprint density at radius 2 is 2.40 bits per heavy atom. The topological polar surface area (TPSA) is 72.9 Å². The van der Waals surface area contributed by atoms with Gasteiger partial charge < -0.3 is 15.6 Å². The monoisotopic (exact) mass is 210 g/mol. The molecule has 1 unspecified atom stereocenters. The summed E-state index contributed by atoms with van der Waals surface area (Å²) < 4.78 is 1.84. The first kappa shape index (κ1) is 11.7. The second-order valence-electron chi connectivity index (χ2n) is 3.86. The average Bonchev–Trinajstić information content (AvgIpc) is 2.67. The van der Waals surface area contributed by atoms with Crippen LogP contribution in [0.5, 0.6) is 0 Å². The number of carbonyl (C=O) groups excluding carboxylic acids is 1. The minimum Gasteiger partial charge on any atom is -0.368 e. The molecule has 0 spiro atoms. The smallest absolute Gasteiger partial charge is 0.239 e. The van der Waals surface area contributed by atoms with Crippen LogP contribution in [-0.4, -0.2) is 27.5 Å². The van der Waals surface area contributed by atoms with Crippen LogP contribution in [0.1, 0.15) is 20.3 Å². The number of primary amides is 1. The molecule has 1 rings (SSSR count). The minimum atomic E-state index is -0.712. The van der Waals surface area contributed by atoms with Crippen LogP contribution in [0.3, 0.4) is 0 Å². The molecule has 1 heterocycles. The van der Waals surface area contributed by atoms with Crippen molar-refractivity contribution in [2.45, 2.75) is 32.4 Å². The molecule has 0 aliphatic heterocycles. The molecule has 84 valence electrons. The fraction of sp³-hybridized carbons (Fsp3) is 0.600. The number of carbonyl (C=O) groups is 1. The molecule has 1 amide bonds. The van der Waals surface area contributed by atoms with E-state index in [0.717, 1.165) is 13.0 Å². The zero-order chi connectivity index (χ0) is 11.3. The van der Waals surface area contributed by atoms with Crippen molar-refractivity contribution in [2.24, 2.45) is 5.73 Å². The third-order valence-corrected chi connectivity index (χ3v) is 2.37. The second kappa shape index (κ2) is 4.93. The van der Waals surface area contributed by atoms with Gasteiger partial charge in [0, 0.05) is 12.4 Å². The molecular weight excluding hydrogens is 192 g/mol. The van der Waals surface area contributed by atoms with Crippen molar-refractivity contribution < 1.29 is 4.79 Å². The molecule has 0 radical (unpaired) electrons. The van der Waals surface area contributed by atoms with E-state index in [4.69, 9.17) is 5.73 Å². The van der Waals surface area contributed by atoms with E-state index in [9.17, 15) is 4.79 Å². The van der Waals surface area contributed by atoms with Gasteiger partial charge in [0.05, 0.1) is 12.9 Å². The Bertz CT molecular complexity index is 309. The number of nitrogens with zero attached hydrogens (tertiary/aromatic N) is 2. The summed E-state index contributed by atoms with van der Waals surface area (Å²) >= 11 is 0. The maximum atomic E-state index is 11.4. The number of nitrogens with two attached hydrogens (primary N) is 1. The first-order valence-corrected chi connectivity index (χ1v) is 5.09. The Morgan fingerprint density at radius 1 is 1.67 bits per heavy atom. The normalized spacial score (nSPS) is 14.8. The molecule has 0 aromatic carbocycles. The lowest BCUT2D eigenvalue weighted by Crippen LogP contribution is -2.55. The van der Waals surface area contributed by atoms with Crippen LogP contribution in [0.15, 0.2) is 18.7 Å². The number of nitrogens with one attached hydrogen (secondary N) is 1. The molecular formula is C10H18N4O. The Morgan fingerprint density at radius 3 is 2.87 bits per heavy atom. The Labute approximate surface area is 89.7 Å². The molecule has 1 aromatic rings. The standard InChI is InChI=1S/C10H18N4O/c1-3-4-13-10(2,9(11)15)7-14-6-5-12-8-14/h5-6,8,13H,3-4,7H2,1-2H3,(H2,11,15). The highest BCUT2D eigenvalue weighted by Gasteiger charge is 2.30. The van der Waals surface area contributed by atoms with E-state index < -0.39 is 5.54 Å². The van der Waals surface area contributed by atoms with Gasteiger partial charge in [-0.1, -0.05) is 6.92 Å². The lowest BCUT2D eigenvalue weighted by Gasteiger charge is -2.27. The fourth-order valence-electron chi connectivity index (χ4n) is 1.37. The first-order valence-electron chi connectivity index (χ1n) is 5.09. The molecule has 15 heavy (non-hydrogen) atoms. The minimum absolute atomic E-state index is 0.343. The molecule has 0 saturated heterocycles. The predicted octanol–water partition coefficient (Wildman–Crippen LogP) is 0.127. The number of hydrogen-bond acceptors (Lipinski definition) is 3. The quantitative estimate of drug-likeness (QED) is 0.700. The third kappa shape index (κ3) is 3.06. The van der Waals surface area contributed by atoms with Gasteiger partial charge in [0.2, 0.25) is 5.91 Å². The van der Waals surface area contributed by atoms with E-state index in [1.54, 1.807) is 12.5 Å². The van der Waals surface area contributed by atoms with Gasteiger partial charge in [-0.15, -0.1) is 0 Å². The molecule has 1 atom stereocenters. The second-order valence-corrected chi connectivity index (χ2v) is 3.86. The molecule has 0 aliphatic rings. The van der Waals surface area contributed by atoms with Crippen molar-refractivity contribution in [3.63, 3.8) is 0 Å². The van der Waals surface area contributed by atoms with Gasteiger partial charge in [-0.2, -0.15) is 0 Å². The van der Waals surface area contributed by atoms with E-state index in [-0.39, 0.29) is 5.91 Å². The molecule has 0 fully saturated rings. The summed E-state index contributed by atoms with van der Waals surface area (Å²) in [4.78, 5) is 15.3. The number of amides is 1. The van der Waals surface area contributed by atoms with Crippen LogP contribution in [0, 0.1) is 0 Å². The number of hydrogen-bond donors (Lipinski definition) is 2. The summed E-state index contributed by atoms with van der Waals surface area (Å²) in [6.45, 7) is 5.13. The maximum Gasteiger partial charge on any atom is 0.239 e. The zero-order valence-corrected chi connectivity index (χ0v) is 9.23. The highest BCUT2D eigenvalue weighted by Crippen LogP contribution is 2.07. The summed E-state index contributed by atoms with van der Waals surface area (Å²) in [5.41, 5.74) is 4.68. The van der Waals surface area contributed by atoms with Crippen molar-refractivity contribution >= 4 is 5.91 Å². The first-order chi connectivity index (χ1) is 7.08. The van der Waals surface area contributed by atoms with Gasteiger partial charge in [0.25, 0.3) is 0 Å². The highest BCUT2D eigenvalue weighted by molar-refractivity contribution is 5.84. The van der Waals surface area contributed by atoms with Crippen LogP contribution in [0.2, 0.25) is 0 Å². The van der Waals surface area contributed by atoms with Gasteiger partial charge >= 0.3 is 0 Å². The molecule has 0 bridgehead atoms. The van der Waals surface area contributed by atoms with Crippen LogP contribution in [0.4, 0.5) is 0 Å². The number of rotatable bonds is 6. The summed E-state index contributed by atoms with van der Waals surface area (Å²) in [6, 6.07) is 0. The molecule has 3 N–H and O–H groups in total. The van der Waals surface area contributed by atoms with Crippen LogP contribution >= 0.6 is 0 Å². The molecule has 0 aliphatic carbocycles. The van der Waals surface area contributed by atoms with Crippen LogP contribution in [0.25, 0.3) is 0 Å². The Balaban J connectivity index is 2.68. The van der Waals surface area contributed by atoms with Gasteiger partial charge in [-0.05, 0) is 19.9 Å². The highest BCUT2D eigenvalue weighted by atomic mass is 16.1. The lowest BCUT2D eigenvalue weighted by atomic mass is 10.0. The van der Waals surface area contributed by atoms with Crippen molar-refractivity contribution in [3.05, 3.63) is 18.7 Å². The van der Waals surface area contributed by atoms with E-state index >= 15 is 0 Å². The van der Waals surface area contributed by atoms with E-state index in [0.29, 0.717) is 6.54 Å². The summed E-state index contributed by atoms with van der Waals surface area (Å²) in [5.74, 6) is -0.343. The zero-order valence-electron chi connectivity index (χ0n) is 9.23. The van der Waals surface area contributed by atoms with Crippen molar-refractivity contribution in [1.29, 1.82) is 0 Å². The van der Waals surface area contributed by atoms with E-state index in [2.05, 4.69) is 10.3 Å². The summed E-state index contributed by atoms with van der Waals surface area (Å²) in [6.07, 6.45) is 6.14.